The third-order valence-corrected chi connectivity index (χ3v) is 5.25. The Bertz CT molecular complexity index is 986. The van der Waals surface area contributed by atoms with Crippen LogP contribution >= 0.6 is 0 Å². The molecule has 0 fully saturated rings. The Morgan fingerprint density at radius 1 is 1.14 bits per heavy atom. The predicted octanol–water partition coefficient (Wildman–Crippen LogP) is 3.46. The second-order valence-electron chi connectivity index (χ2n) is 7.10. The second-order valence-corrected chi connectivity index (χ2v) is 7.10. The maximum atomic E-state index is 13.5. The zero-order chi connectivity index (χ0) is 20.2. The number of likely N-dealkylation sites (N-methyl/N-ethyl adjacent to an activating group) is 1. The van der Waals surface area contributed by atoms with Crippen molar-refractivity contribution in [2.24, 2.45) is 0 Å². The first-order valence-electron chi connectivity index (χ1n) is 9.76. The van der Waals surface area contributed by atoms with Gasteiger partial charge in [-0.1, -0.05) is 36.4 Å². The van der Waals surface area contributed by atoms with Crippen LogP contribution in [0.25, 0.3) is 0 Å². The summed E-state index contributed by atoms with van der Waals surface area (Å²) >= 11 is 0. The number of pyridine rings is 1. The van der Waals surface area contributed by atoms with Gasteiger partial charge in [0.15, 0.2) is 5.76 Å². The molecule has 0 radical (unpaired) electrons. The molecular weight excluding hydrogens is 366 g/mol. The summed E-state index contributed by atoms with van der Waals surface area (Å²) in [5.41, 5.74) is 2.73. The van der Waals surface area contributed by atoms with Crippen molar-refractivity contribution in [3.05, 3.63) is 89.6 Å². The van der Waals surface area contributed by atoms with E-state index < -0.39 is 5.92 Å². The molecule has 0 aliphatic carbocycles. The highest BCUT2D eigenvalue weighted by molar-refractivity contribution is 5.93. The molecule has 2 aromatic heterocycles. The number of nitrogens with zero attached hydrogens (tertiary/aromatic N) is 3. The SMILES string of the molecule is CCN(Cc1ccccc1)C(=O)C1CN(C(=O)c2ccco2)Cc2cccnc21. The summed E-state index contributed by atoms with van der Waals surface area (Å²) in [6, 6.07) is 17.0. The zero-order valence-electron chi connectivity index (χ0n) is 16.3. The first kappa shape index (κ1) is 18.9. The lowest BCUT2D eigenvalue weighted by Gasteiger charge is -2.35. The highest BCUT2D eigenvalue weighted by Crippen LogP contribution is 2.29. The molecule has 6 nitrogen and oxygen atoms in total. The summed E-state index contributed by atoms with van der Waals surface area (Å²) in [6.07, 6.45) is 3.19. The molecule has 1 aromatic carbocycles. The number of amides is 2. The van der Waals surface area contributed by atoms with Crippen LogP contribution in [0.3, 0.4) is 0 Å². The summed E-state index contributed by atoms with van der Waals surface area (Å²) in [5.74, 6) is -0.454. The fourth-order valence-electron chi connectivity index (χ4n) is 3.75. The average Bonchev–Trinajstić information content (AvgIpc) is 3.31. The van der Waals surface area contributed by atoms with E-state index in [2.05, 4.69) is 4.98 Å². The standard InChI is InChI=1S/C23H23N3O3/c1-2-25(14-17-8-4-3-5-9-17)22(27)19-16-26(23(28)20-11-7-13-29-20)15-18-10-6-12-24-21(18)19/h3-13,19H,2,14-16H2,1H3. The van der Waals surface area contributed by atoms with Gasteiger partial charge in [-0.3, -0.25) is 14.6 Å². The monoisotopic (exact) mass is 389 g/mol. The smallest absolute Gasteiger partial charge is 0.289 e. The van der Waals surface area contributed by atoms with Gasteiger partial charge in [-0.2, -0.15) is 0 Å². The molecule has 29 heavy (non-hydrogen) atoms. The van der Waals surface area contributed by atoms with Crippen molar-refractivity contribution in [1.29, 1.82) is 0 Å². The van der Waals surface area contributed by atoms with E-state index in [0.29, 0.717) is 19.6 Å². The lowest BCUT2D eigenvalue weighted by atomic mass is 9.93. The Labute approximate surface area is 169 Å². The van der Waals surface area contributed by atoms with Crippen molar-refractivity contribution in [3.8, 4) is 0 Å². The van der Waals surface area contributed by atoms with Gasteiger partial charge in [-0.25, -0.2) is 0 Å². The molecular formula is C23H23N3O3. The van der Waals surface area contributed by atoms with Gasteiger partial charge in [-0.05, 0) is 36.2 Å². The lowest BCUT2D eigenvalue weighted by molar-refractivity contribution is -0.134. The van der Waals surface area contributed by atoms with Gasteiger partial charge < -0.3 is 14.2 Å². The maximum Gasteiger partial charge on any atom is 0.289 e. The number of rotatable bonds is 5. The fraction of sp³-hybridized carbons (Fsp3) is 0.261. The molecule has 1 atom stereocenters. The molecule has 1 aliphatic rings. The zero-order valence-corrected chi connectivity index (χ0v) is 16.3. The van der Waals surface area contributed by atoms with Crippen molar-refractivity contribution in [3.63, 3.8) is 0 Å². The molecule has 0 spiro atoms. The van der Waals surface area contributed by atoms with Gasteiger partial charge >= 0.3 is 0 Å². The Balaban J connectivity index is 1.61. The number of furan rings is 1. The quantitative estimate of drug-likeness (QED) is 0.670. The molecule has 0 N–H and O–H groups in total. The van der Waals surface area contributed by atoms with Crippen LogP contribution in [0.4, 0.5) is 0 Å². The van der Waals surface area contributed by atoms with Crippen LogP contribution in [0.1, 0.15) is 40.2 Å². The summed E-state index contributed by atoms with van der Waals surface area (Å²) in [7, 11) is 0. The molecule has 1 aliphatic heterocycles. The van der Waals surface area contributed by atoms with Crippen LogP contribution in [-0.4, -0.2) is 39.7 Å². The Kier molecular flexibility index (Phi) is 5.42. The molecule has 3 heterocycles. The molecule has 2 amide bonds. The first-order chi connectivity index (χ1) is 14.2. The molecule has 148 valence electrons. The highest BCUT2D eigenvalue weighted by Gasteiger charge is 2.36. The summed E-state index contributed by atoms with van der Waals surface area (Å²) in [5, 5.41) is 0. The molecule has 0 saturated carbocycles. The molecule has 1 unspecified atom stereocenters. The van der Waals surface area contributed by atoms with Crippen LogP contribution in [-0.2, 0) is 17.9 Å². The molecule has 0 saturated heterocycles. The number of aromatic nitrogens is 1. The Morgan fingerprint density at radius 3 is 2.69 bits per heavy atom. The third-order valence-electron chi connectivity index (χ3n) is 5.25. The lowest BCUT2D eigenvalue weighted by Crippen LogP contribution is -2.45. The average molecular weight is 389 g/mol. The van der Waals surface area contributed by atoms with Gasteiger partial charge in [0.1, 0.15) is 0 Å². The summed E-state index contributed by atoms with van der Waals surface area (Å²) in [4.78, 5) is 34.3. The number of hydrogen-bond donors (Lipinski definition) is 0. The topological polar surface area (TPSA) is 66.7 Å². The van der Waals surface area contributed by atoms with Crippen molar-refractivity contribution >= 4 is 11.8 Å². The van der Waals surface area contributed by atoms with E-state index in [-0.39, 0.29) is 24.1 Å². The summed E-state index contributed by atoms with van der Waals surface area (Å²) in [6.45, 7) is 3.78. The third kappa shape index (κ3) is 3.92. The van der Waals surface area contributed by atoms with E-state index in [1.54, 1.807) is 23.2 Å². The molecule has 0 bridgehead atoms. The largest absolute Gasteiger partial charge is 0.459 e. The minimum atomic E-state index is -0.498. The predicted molar refractivity (Wildman–Crippen MR) is 108 cm³/mol. The first-order valence-corrected chi connectivity index (χ1v) is 9.76. The van der Waals surface area contributed by atoms with Crippen LogP contribution in [0, 0.1) is 0 Å². The normalized spacial score (nSPS) is 15.6. The molecule has 3 aromatic rings. The van der Waals surface area contributed by atoms with E-state index >= 15 is 0 Å². The molecule has 4 rings (SSSR count). The van der Waals surface area contributed by atoms with Gasteiger partial charge in [-0.15, -0.1) is 0 Å². The number of benzene rings is 1. The minimum absolute atomic E-state index is 0.0201. The van der Waals surface area contributed by atoms with E-state index in [1.807, 2.05) is 54.3 Å². The van der Waals surface area contributed by atoms with Crippen LogP contribution in [0.2, 0.25) is 0 Å². The Morgan fingerprint density at radius 2 is 1.97 bits per heavy atom. The van der Waals surface area contributed by atoms with E-state index in [0.717, 1.165) is 16.8 Å². The van der Waals surface area contributed by atoms with E-state index in [4.69, 9.17) is 4.42 Å². The molecule has 6 heteroatoms. The fourth-order valence-corrected chi connectivity index (χ4v) is 3.75. The second kappa shape index (κ2) is 8.31. The van der Waals surface area contributed by atoms with Gasteiger partial charge in [0.25, 0.3) is 5.91 Å². The van der Waals surface area contributed by atoms with Gasteiger partial charge in [0, 0.05) is 32.4 Å². The minimum Gasteiger partial charge on any atom is -0.459 e. The number of fused-ring (bicyclic) bond motifs is 1. The van der Waals surface area contributed by atoms with Crippen LogP contribution < -0.4 is 0 Å². The van der Waals surface area contributed by atoms with Crippen molar-refractivity contribution in [1.82, 2.24) is 14.8 Å². The Hall–Kier alpha value is -3.41. The maximum absolute atomic E-state index is 13.5. The number of carbonyl (C=O) groups is 2. The van der Waals surface area contributed by atoms with Gasteiger partial charge in [0.2, 0.25) is 5.91 Å². The number of carbonyl (C=O) groups excluding carboxylic acids is 2. The number of hydrogen-bond acceptors (Lipinski definition) is 4. The highest BCUT2D eigenvalue weighted by atomic mass is 16.3. The van der Waals surface area contributed by atoms with E-state index in [1.165, 1.54) is 6.26 Å². The van der Waals surface area contributed by atoms with Crippen LogP contribution in [0.15, 0.2) is 71.5 Å². The van der Waals surface area contributed by atoms with E-state index in [9.17, 15) is 9.59 Å². The van der Waals surface area contributed by atoms with Crippen LogP contribution in [0.5, 0.6) is 0 Å². The van der Waals surface area contributed by atoms with Gasteiger partial charge in [0.05, 0.1) is 17.9 Å². The van der Waals surface area contributed by atoms with Crippen molar-refractivity contribution in [2.75, 3.05) is 13.1 Å². The van der Waals surface area contributed by atoms with Crippen molar-refractivity contribution < 1.29 is 14.0 Å². The summed E-state index contributed by atoms with van der Waals surface area (Å²) < 4.78 is 5.28. The van der Waals surface area contributed by atoms with Crippen molar-refractivity contribution in [2.45, 2.75) is 25.9 Å².